The van der Waals surface area contributed by atoms with Gasteiger partial charge < -0.3 is 0 Å². The molecule has 90 valence electrons. The van der Waals surface area contributed by atoms with Crippen LogP contribution in [-0.2, 0) is 0 Å². The van der Waals surface area contributed by atoms with Crippen molar-refractivity contribution in [2.75, 3.05) is 19.3 Å². The number of nitrogens with zero attached hydrogens (tertiary/aromatic N) is 1. The Balaban J connectivity index is 1.73. The van der Waals surface area contributed by atoms with Crippen molar-refractivity contribution in [2.24, 2.45) is 0 Å². The molecule has 1 saturated carbocycles. The molecule has 1 saturated heterocycles. The molecule has 2 atom stereocenters. The van der Waals surface area contributed by atoms with Gasteiger partial charge in [0, 0.05) is 24.9 Å². The maximum atomic E-state index is 2.70. The highest BCUT2D eigenvalue weighted by atomic mass is 32.2. The van der Waals surface area contributed by atoms with E-state index in [2.05, 4.69) is 41.5 Å². The number of rotatable bonds is 3. The molecule has 0 radical (unpaired) electrons. The lowest BCUT2D eigenvalue weighted by Crippen LogP contribution is -2.33. The number of hydrogen-bond acceptors (Lipinski definition) is 2. The van der Waals surface area contributed by atoms with Crippen LogP contribution in [0.4, 0.5) is 0 Å². The summed E-state index contributed by atoms with van der Waals surface area (Å²) in [5.74, 6) is 0.698. The molecule has 2 unspecified atom stereocenters. The van der Waals surface area contributed by atoms with Gasteiger partial charge in [-0.1, -0.05) is 36.8 Å². The zero-order valence-electron chi connectivity index (χ0n) is 10.4. The molecular weight excluding hydrogens is 226 g/mol. The summed E-state index contributed by atoms with van der Waals surface area (Å²) in [5, 5.41) is 1.68. The van der Waals surface area contributed by atoms with E-state index in [-0.39, 0.29) is 0 Å². The lowest BCUT2D eigenvalue weighted by Gasteiger charge is -2.22. The molecule has 0 bridgehead atoms. The Morgan fingerprint density at radius 2 is 1.82 bits per heavy atom. The van der Waals surface area contributed by atoms with E-state index in [1.54, 1.807) is 5.25 Å². The average molecular weight is 246 g/mol. The van der Waals surface area contributed by atoms with Crippen molar-refractivity contribution in [3.05, 3.63) is 41.1 Å². The van der Waals surface area contributed by atoms with E-state index in [0.717, 1.165) is 6.04 Å². The number of likely N-dealkylation sites (tertiary alicyclic amines) is 1. The molecule has 0 aromatic heterocycles. The monoisotopic (exact) mass is 246 g/mol. The fourth-order valence-electron chi connectivity index (χ4n) is 3.07. The highest BCUT2D eigenvalue weighted by Gasteiger charge is 2.68. The van der Waals surface area contributed by atoms with Crippen LogP contribution in [0.1, 0.15) is 30.7 Å². The van der Waals surface area contributed by atoms with Gasteiger partial charge in [0.2, 0.25) is 6.04 Å². The van der Waals surface area contributed by atoms with E-state index in [4.69, 9.17) is 0 Å². The number of hydrogen-bond donors (Lipinski definition) is 0. The summed E-state index contributed by atoms with van der Waals surface area (Å²) in [6, 6.07) is 11.7. The van der Waals surface area contributed by atoms with E-state index in [1.807, 2.05) is 11.8 Å². The molecule has 1 aromatic rings. The minimum absolute atomic E-state index is 0.698. The Hall–Kier alpha value is -0.600. The molecule has 2 aliphatic rings. The van der Waals surface area contributed by atoms with Gasteiger partial charge in [0.25, 0.3) is 0 Å². The molecule has 1 nitrogen and oxygen atoms in total. The molecule has 2 heteroatoms. The van der Waals surface area contributed by atoms with Crippen LogP contribution in [0.5, 0.6) is 0 Å². The standard InChI is InChI=1S/C15H20NS/c1-17-15-13(12-8-4-2-5-9-12)14(15)16-10-6-3-7-11-16/h2,4-5,8-9,13-14H,3,6-7,10-11H2,1H3/q+1. The number of benzene rings is 1. The van der Waals surface area contributed by atoms with Crippen molar-refractivity contribution >= 4 is 11.8 Å². The van der Waals surface area contributed by atoms with Crippen molar-refractivity contribution in [1.29, 1.82) is 0 Å². The van der Waals surface area contributed by atoms with Crippen LogP contribution in [-0.4, -0.2) is 30.3 Å². The average Bonchev–Trinajstić information content (AvgIpc) is 3.15. The summed E-state index contributed by atoms with van der Waals surface area (Å²) in [4.78, 5) is 2.70. The summed E-state index contributed by atoms with van der Waals surface area (Å²) < 4.78 is 0. The van der Waals surface area contributed by atoms with Gasteiger partial charge in [-0.15, -0.1) is 0 Å². The Morgan fingerprint density at radius 3 is 2.47 bits per heavy atom. The molecule has 0 spiro atoms. The maximum Gasteiger partial charge on any atom is 0.216 e. The van der Waals surface area contributed by atoms with Gasteiger partial charge in [0.15, 0.2) is 11.2 Å². The number of thioether (sulfide) groups is 1. The highest BCUT2D eigenvalue weighted by Crippen LogP contribution is 2.58. The zero-order chi connectivity index (χ0) is 11.7. The predicted molar refractivity (Wildman–Crippen MR) is 75.2 cm³/mol. The first kappa shape index (κ1) is 11.5. The summed E-state index contributed by atoms with van der Waals surface area (Å²) in [7, 11) is 0. The Bertz CT molecular complexity index is 358. The highest BCUT2D eigenvalue weighted by molar-refractivity contribution is 8.01. The Morgan fingerprint density at radius 1 is 1.12 bits per heavy atom. The second-order valence-electron chi connectivity index (χ2n) is 5.04. The zero-order valence-corrected chi connectivity index (χ0v) is 11.2. The third-order valence-corrected chi connectivity index (χ3v) is 4.95. The van der Waals surface area contributed by atoms with E-state index < -0.39 is 0 Å². The lowest BCUT2D eigenvalue weighted by atomic mass is 10.1. The third-order valence-electron chi connectivity index (χ3n) is 3.98. The molecule has 3 rings (SSSR count). The summed E-state index contributed by atoms with van der Waals surface area (Å²) in [6.45, 7) is 2.61. The van der Waals surface area contributed by atoms with E-state index in [9.17, 15) is 0 Å². The van der Waals surface area contributed by atoms with Crippen molar-refractivity contribution in [3.63, 3.8) is 0 Å². The van der Waals surface area contributed by atoms with Gasteiger partial charge in [-0.25, -0.2) is 0 Å². The van der Waals surface area contributed by atoms with Crippen LogP contribution in [0.2, 0.25) is 0 Å². The fraction of sp³-hybridized carbons (Fsp3) is 0.533. The smallest absolute Gasteiger partial charge is 0.216 e. The lowest BCUT2D eigenvalue weighted by molar-refractivity contribution is 0.220. The normalized spacial score (nSPS) is 29.4. The predicted octanol–water partition coefficient (Wildman–Crippen LogP) is 3.53. The van der Waals surface area contributed by atoms with Crippen LogP contribution in [0.3, 0.4) is 0 Å². The van der Waals surface area contributed by atoms with Gasteiger partial charge in [0.05, 0.1) is 11.8 Å². The van der Waals surface area contributed by atoms with E-state index in [1.165, 1.54) is 37.9 Å². The van der Waals surface area contributed by atoms with E-state index >= 15 is 0 Å². The molecule has 0 amide bonds. The van der Waals surface area contributed by atoms with Crippen LogP contribution < -0.4 is 0 Å². The van der Waals surface area contributed by atoms with Gasteiger partial charge >= 0.3 is 0 Å². The molecule has 1 aliphatic carbocycles. The first-order chi connectivity index (χ1) is 8.42. The van der Waals surface area contributed by atoms with Crippen LogP contribution >= 0.6 is 11.8 Å². The molecule has 1 aromatic carbocycles. The minimum atomic E-state index is 0.698. The molecule has 2 fully saturated rings. The van der Waals surface area contributed by atoms with Crippen LogP contribution in [0.15, 0.2) is 30.3 Å². The van der Waals surface area contributed by atoms with E-state index in [0.29, 0.717) is 5.92 Å². The first-order valence-electron chi connectivity index (χ1n) is 6.61. The Kier molecular flexibility index (Phi) is 3.34. The fourth-order valence-corrected chi connectivity index (χ4v) is 4.05. The summed E-state index contributed by atoms with van der Waals surface area (Å²) >= 11 is 1.97. The Labute approximate surface area is 109 Å². The molecular formula is C15H20NS+. The SMILES string of the molecule is CS[C+]1C(c2ccccc2)C1N1CCCCC1. The summed E-state index contributed by atoms with van der Waals surface area (Å²) in [5.41, 5.74) is 1.51. The second-order valence-corrected chi connectivity index (χ2v) is 5.92. The van der Waals surface area contributed by atoms with Gasteiger partial charge in [0.1, 0.15) is 0 Å². The molecule has 1 aliphatic heterocycles. The molecule has 0 N–H and O–H groups in total. The van der Waals surface area contributed by atoms with Crippen LogP contribution in [0.25, 0.3) is 0 Å². The molecule has 1 heterocycles. The minimum Gasteiger partial charge on any atom is -0.257 e. The van der Waals surface area contributed by atoms with Crippen molar-refractivity contribution in [2.45, 2.75) is 31.2 Å². The van der Waals surface area contributed by atoms with Crippen molar-refractivity contribution in [1.82, 2.24) is 4.90 Å². The van der Waals surface area contributed by atoms with Crippen molar-refractivity contribution < 1.29 is 0 Å². The first-order valence-corrected chi connectivity index (χ1v) is 7.84. The van der Waals surface area contributed by atoms with Gasteiger partial charge in [-0.2, -0.15) is 0 Å². The van der Waals surface area contributed by atoms with Gasteiger partial charge in [-0.3, -0.25) is 4.90 Å². The molecule has 17 heavy (non-hydrogen) atoms. The topological polar surface area (TPSA) is 3.24 Å². The second kappa shape index (κ2) is 4.95. The largest absolute Gasteiger partial charge is 0.257 e. The third kappa shape index (κ3) is 2.21. The van der Waals surface area contributed by atoms with Crippen molar-refractivity contribution in [3.8, 4) is 0 Å². The van der Waals surface area contributed by atoms with Crippen LogP contribution in [0, 0.1) is 5.25 Å². The van der Waals surface area contributed by atoms with Gasteiger partial charge in [-0.05, 0) is 12.8 Å². The quantitative estimate of drug-likeness (QED) is 0.751. The summed E-state index contributed by atoms with van der Waals surface area (Å²) in [6.07, 6.45) is 6.43. The number of piperidine rings is 1. The maximum absolute atomic E-state index is 2.70.